The number of ether oxygens (including phenoxy) is 3. The van der Waals surface area contributed by atoms with Crippen molar-refractivity contribution < 1.29 is 28.6 Å². The summed E-state index contributed by atoms with van der Waals surface area (Å²) in [7, 11) is 0. The van der Waals surface area contributed by atoms with Crippen LogP contribution in [0.2, 0.25) is 0 Å². The number of halogens is 1. The Morgan fingerprint density at radius 3 is 2.50 bits per heavy atom. The van der Waals surface area contributed by atoms with Gasteiger partial charge in [-0.1, -0.05) is 17.7 Å². The molecular weight excluding hydrogens is 556 g/mol. The number of anilines is 1. The van der Waals surface area contributed by atoms with Crippen molar-refractivity contribution in [2.24, 2.45) is 5.10 Å². The molecule has 204 valence electrons. The van der Waals surface area contributed by atoms with Crippen molar-refractivity contribution in [3.8, 4) is 11.5 Å². The number of nitrogens with one attached hydrogen (secondary N) is 3. The van der Waals surface area contributed by atoms with Crippen molar-refractivity contribution in [3.63, 3.8) is 0 Å². The van der Waals surface area contributed by atoms with E-state index in [4.69, 9.17) is 14.2 Å². The van der Waals surface area contributed by atoms with Crippen molar-refractivity contribution in [2.75, 3.05) is 31.7 Å². The summed E-state index contributed by atoms with van der Waals surface area (Å²) in [6.07, 6.45) is 3.11. The number of carbonyl (C=O) groups excluding carboxylic acids is 3. The molecule has 1 saturated heterocycles. The summed E-state index contributed by atoms with van der Waals surface area (Å²) in [5.41, 5.74) is 6.62. The normalized spacial score (nSPS) is 14.8. The van der Waals surface area contributed by atoms with Gasteiger partial charge in [0.1, 0.15) is 0 Å². The van der Waals surface area contributed by atoms with Crippen LogP contribution in [0.5, 0.6) is 11.5 Å². The van der Waals surface area contributed by atoms with Crippen LogP contribution < -0.4 is 25.5 Å². The van der Waals surface area contributed by atoms with E-state index in [0.717, 1.165) is 35.2 Å². The van der Waals surface area contributed by atoms with E-state index in [2.05, 4.69) is 37.1 Å². The van der Waals surface area contributed by atoms with Gasteiger partial charge < -0.3 is 24.8 Å². The van der Waals surface area contributed by atoms with Gasteiger partial charge in [0.05, 0.1) is 23.4 Å². The molecule has 1 heterocycles. The molecule has 11 heteroatoms. The number of benzene rings is 2. The molecule has 0 aromatic heterocycles. The van der Waals surface area contributed by atoms with E-state index in [9.17, 15) is 14.4 Å². The van der Waals surface area contributed by atoms with Crippen molar-refractivity contribution in [2.45, 2.75) is 46.6 Å². The molecule has 2 aromatic rings. The van der Waals surface area contributed by atoms with Crippen molar-refractivity contribution >= 4 is 45.6 Å². The SMILES string of the molecule is CCOc1cc(/C=N\NC(=O)C(=O)NC[C@H]2CCCO2)cc(Br)c1OCC(=O)Nc1c(C)cc(C)cc1C. The third-order valence-electron chi connectivity index (χ3n) is 5.72. The maximum Gasteiger partial charge on any atom is 0.329 e. The summed E-state index contributed by atoms with van der Waals surface area (Å²) in [5, 5.41) is 9.31. The summed E-state index contributed by atoms with van der Waals surface area (Å²) in [6, 6.07) is 7.36. The van der Waals surface area contributed by atoms with Crippen LogP contribution in [0.15, 0.2) is 33.8 Å². The smallest absolute Gasteiger partial charge is 0.329 e. The minimum absolute atomic E-state index is 0.0627. The summed E-state index contributed by atoms with van der Waals surface area (Å²) in [6.45, 7) is 8.80. The molecule has 3 rings (SSSR count). The molecule has 1 fully saturated rings. The van der Waals surface area contributed by atoms with Crippen LogP contribution in [0.25, 0.3) is 0 Å². The highest BCUT2D eigenvalue weighted by Crippen LogP contribution is 2.36. The van der Waals surface area contributed by atoms with Gasteiger partial charge >= 0.3 is 11.8 Å². The van der Waals surface area contributed by atoms with Gasteiger partial charge in [-0.3, -0.25) is 14.4 Å². The van der Waals surface area contributed by atoms with Gasteiger partial charge in [-0.15, -0.1) is 0 Å². The van der Waals surface area contributed by atoms with E-state index in [0.29, 0.717) is 34.7 Å². The zero-order valence-corrected chi connectivity index (χ0v) is 23.6. The number of amides is 3. The minimum atomic E-state index is -0.881. The lowest BCUT2D eigenvalue weighted by atomic mass is 10.1. The number of aryl methyl sites for hydroxylation is 3. The lowest BCUT2D eigenvalue weighted by Gasteiger charge is -2.16. The van der Waals surface area contributed by atoms with Crippen molar-refractivity contribution in [1.29, 1.82) is 0 Å². The van der Waals surface area contributed by atoms with Gasteiger partial charge in [0, 0.05) is 18.8 Å². The van der Waals surface area contributed by atoms with E-state index in [1.807, 2.05) is 39.8 Å². The van der Waals surface area contributed by atoms with Gasteiger partial charge in [-0.25, -0.2) is 5.43 Å². The van der Waals surface area contributed by atoms with Gasteiger partial charge in [-0.05, 0) is 85.3 Å². The number of rotatable bonds is 10. The first kappa shape index (κ1) is 29.1. The average molecular weight is 589 g/mol. The molecule has 1 aliphatic rings. The van der Waals surface area contributed by atoms with Gasteiger partial charge in [0.15, 0.2) is 18.1 Å². The summed E-state index contributed by atoms with van der Waals surface area (Å²) in [5.74, 6) is -1.23. The van der Waals surface area contributed by atoms with E-state index in [-0.39, 0.29) is 25.2 Å². The number of hydrogen-bond acceptors (Lipinski definition) is 7. The fraction of sp³-hybridized carbons (Fsp3) is 0.407. The van der Waals surface area contributed by atoms with Crippen LogP contribution in [-0.2, 0) is 19.1 Å². The standard InChI is InChI=1S/C27H33BrN4O6/c1-5-36-22-12-19(13-30-32-27(35)26(34)29-14-20-7-6-8-37-20)11-21(28)25(22)38-15-23(33)31-24-17(3)9-16(2)10-18(24)4/h9-13,20H,5-8,14-15H2,1-4H3,(H,29,34)(H,31,33)(H,32,35)/b30-13-/t20-/m1/s1. The highest BCUT2D eigenvalue weighted by Gasteiger charge is 2.19. The van der Waals surface area contributed by atoms with Crippen LogP contribution in [0, 0.1) is 20.8 Å². The maximum atomic E-state index is 12.6. The Balaban J connectivity index is 1.59. The first-order valence-electron chi connectivity index (χ1n) is 12.4. The Bertz CT molecular complexity index is 1190. The zero-order chi connectivity index (χ0) is 27.7. The van der Waals surface area contributed by atoms with Crippen molar-refractivity contribution in [1.82, 2.24) is 10.7 Å². The molecule has 0 bridgehead atoms. The molecule has 0 aliphatic carbocycles. The van der Waals surface area contributed by atoms with Crippen molar-refractivity contribution in [3.05, 3.63) is 51.0 Å². The zero-order valence-electron chi connectivity index (χ0n) is 22.0. The van der Waals surface area contributed by atoms with Crippen LogP contribution in [-0.4, -0.2) is 56.4 Å². The molecule has 0 spiro atoms. The van der Waals surface area contributed by atoms with Crippen LogP contribution in [0.3, 0.4) is 0 Å². The van der Waals surface area contributed by atoms with Crippen LogP contribution in [0.1, 0.15) is 42.0 Å². The molecule has 1 aliphatic heterocycles. The molecule has 0 radical (unpaired) electrons. The second-order valence-corrected chi connectivity index (χ2v) is 9.77. The highest BCUT2D eigenvalue weighted by molar-refractivity contribution is 9.10. The molecule has 3 N–H and O–H groups in total. The summed E-state index contributed by atoms with van der Waals surface area (Å²) >= 11 is 3.45. The Kier molecular flexibility index (Phi) is 10.7. The second-order valence-electron chi connectivity index (χ2n) is 8.92. The van der Waals surface area contributed by atoms with Gasteiger partial charge in [0.2, 0.25) is 0 Å². The topological polar surface area (TPSA) is 127 Å². The average Bonchev–Trinajstić information content (AvgIpc) is 3.38. The molecule has 0 unspecified atom stereocenters. The fourth-order valence-corrected chi connectivity index (χ4v) is 4.64. The second kappa shape index (κ2) is 13.9. The maximum absolute atomic E-state index is 12.6. The first-order valence-corrected chi connectivity index (χ1v) is 13.2. The molecule has 2 aromatic carbocycles. The molecule has 1 atom stereocenters. The molecule has 38 heavy (non-hydrogen) atoms. The summed E-state index contributed by atoms with van der Waals surface area (Å²) < 4.78 is 17.4. The minimum Gasteiger partial charge on any atom is -0.490 e. The lowest BCUT2D eigenvalue weighted by Crippen LogP contribution is -2.41. The number of carbonyl (C=O) groups is 3. The van der Waals surface area contributed by atoms with Crippen LogP contribution >= 0.6 is 15.9 Å². The Labute approximate surface area is 230 Å². The highest BCUT2D eigenvalue weighted by atomic mass is 79.9. The van der Waals surface area contributed by atoms with Gasteiger partial charge in [0.25, 0.3) is 5.91 Å². The number of nitrogens with zero attached hydrogens (tertiary/aromatic N) is 1. The monoisotopic (exact) mass is 588 g/mol. The third kappa shape index (κ3) is 8.29. The van der Waals surface area contributed by atoms with E-state index < -0.39 is 11.8 Å². The molecule has 3 amide bonds. The van der Waals surface area contributed by atoms with Gasteiger partial charge in [-0.2, -0.15) is 5.10 Å². The van der Waals surface area contributed by atoms with E-state index in [1.54, 1.807) is 12.1 Å². The quantitative estimate of drug-likeness (QED) is 0.221. The first-order chi connectivity index (χ1) is 18.2. The Morgan fingerprint density at radius 1 is 1.11 bits per heavy atom. The summed E-state index contributed by atoms with van der Waals surface area (Å²) in [4.78, 5) is 36.6. The van der Waals surface area contributed by atoms with E-state index >= 15 is 0 Å². The number of hydrazone groups is 1. The largest absolute Gasteiger partial charge is 0.490 e. The number of hydrogen-bond donors (Lipinski definition) is 3. The predicted molar refractivity (Wildman–Crippen MR) is 148 cm³/mol. The Morgan fingerprint density at radius 2 is 1.84 bits per heavy atom. The van der Waals surface area contributed by atoms with E-state index in [1.165, 1.54) is 6.21 Å². The van der Waals surface area contributed by atoms with Crippen LogP contribution in [0.4, 0.5) is 5.69 Å². The lowest BCUT2D eigenvalue weighted by molar-refractivity contribution is -0.139. The predicted octanol–water partition coefficient (Wildman–Crippen LogP) is 3.54. The molecule has 10 nitrogen and oxygen atoms in total. The molecular formula is C27H33BrN4O6. The fourth-order valence-electron chi connectivity index (χ4n) is 4.06. The third-order valence-corrected chi connectivity index (χ3v) is 6.31. The Hall–Kier alpha value is -3.44. The molecule has 0 saturated carbocycles.